The number of aliphatic hydroxyl groups is 1. The summed E-state index contributed by atoms with van der Waals surface area (Å²) >= 11 is 0. The van der Waals surface area contributed by atoms with Crippen LogP contribution in [0.15, 0.2) is 27.8 Å². The van der Waals surface area contributed by atoms with Crippen LogP contribution < -0.4 is 15.5 Å². The number of nitrogens with one attached hydrogen (secondary N) is 2. The van der Waals surface area contributed by atoms with Gasteiger partial charge in [0.2, 0.25) is 5.69 Å². The molecule has 3 rings (SSSR count). The van der Waals surface area contributed by atoms with Crippen LogP contribution in [0.1, 0.15) is 29.7 Å². The van der Waals surface area contributed by atoms with Gasteiger partial charge in [-0.25, -0.2) is 9.02 Å². The monoisotopic (exact) mass is 393 g/mol. The Kier molecular flexibility index (Phi) is 6.16. The van der Waals surface area contributed by atoms with Crippen molar-refractivity contribution < 1.29 is 28.9 Å². The molecule has 0 aliphatic heterocycles. The van der Waals surface area contributed by atoms with Gasteiger partial charge in [-0.2, -0.15) is 0 Å². The van der Waals surface area contributed by atoms with Gasteiger partial charge in [-0.15, -0.1) is 0 Å². The molecule has 1 aliphatic carbocycles. The summed E-state index contributed by atoms with van der Waals surface area (Å²) in [5.74, 6) is -0.946. The summed E-state index contributed by atoms with van der Waals surface area (Å²) in [5.41, 5.74) is 3.85. The molecule has 0 fully saturated rings. The molecule has 0 spiro atoms. The van der Waals surface area contributed by atoms with Crippen LogP contribution >= 0.6 is 0 Å². The first-order chi connectivity index (χ1) is 13.5. The molecule has 11 heteroatoms. The van der Waals surface area contributed by atoms with Crippen LogP contribution in [0, 0.1) is 5.82 Å². The molecule has 150 valence electrons. The fraction of sp³-hybridized carbons (Fsp3) is 0.412. The number of amidine groups is 1. The van der Waals surface area contributed by atoms with Gasteiger partial charge >= 0.3 is 0 Å². The highest BCUT2D eigenvalue weighted by molar-refractivity contribution is 5.98. The highest BCUT2D eigenvalue weighted by atomic mass is 19.1. The number of hydrogen-bond donors (Lipinski definition) is 4. The Hall–Kier alpha value is -3.05. The van der Waals surface area contributed by atoms with Crippen molar-refractivity contribution >= 4 is 11.7 Å². The Labute approximate surface area is 159 Å². The summed E-state index contributed by atoms with van der Waals surface area (Å²) < 4.78 is 23.2. The largest absolute Gasteiger partial charge is 0.464 e. The maximum atomic E-state index is 13.4. The molecular formula is C17H20FN5O5. The lowest BCUT2D eigenvalue weighted by Crippen LogP contribution is -2.38. The number of aliphatic hydroxyl groups excluding tert-OH is 1. The van der Waals surface area contributed by atoms with E-state index in [1.165, 1.54) is 12.1 Å². The SMILES string of the molecule is C[C@@H](CO)NC(=O)COc1nonc1C(=NCC1Cc2ccc(F)cc21)NO. The summed E-state index contributed by atoms with van der Waals surface area (Å²) in [4.78, 5) is 16.0. The van der Waals surface area contributed by atoms with Gasteiger partial charge < -0.3 is 15.2 Å². The van der Waals surface area contributed by atoms with Crippen LogP contribution in [0.25, 0.3) is 0 Å². The number of nitrogens with zero attached hydrogens (tertiary/aromatic N) is 3. The molecule has 10 nitrogen and oxygen atoms in total. The standard InChI is InChI=1S/C17H20FN5O5/c1-9(7-24)20-14(25)8-27-17-15(22-28-23-17)16(21-26)19-6-11-4-10-2-3-12(18)5-13(10)11/h2-3,5,9,11,24,26H,4,6-8H2,1H3,(H,19,21)(H,20,25)/t9-,11?/m0/s1. The Balaban J connectivity index is 1.63. The van der Waals surface area contributed by atoms with Gasteiger partial charge in [0.15, 0.2) is 12.4 Å². The quantitative estimate of drug-likeness (QED) is 0.282. The predicted octanol–water partition coefficient (Wildman–Crippen LogP) is 0.150. The maximum Gasteiger partial charge on any atom is 0.287 e. The zero-order chi connectivity index (χ0) is 20.1. The second kappa shape index (κ2) is 8.76. The Bertz CT molecular complexity index is 871. The molecule has 1 unspecified atom stereocenters. The molecule has 0 saturated carbocycles. The third-order valence-corrected chi connectivity index (χ3v) is 4.29. The van der Waals surface area contributed by atoms with Crippen LogP contribution in [0.5, 0.6) is 5.88 Å². The zero-order valence-corrected chi connectivity index (χ0v) is 15.1. The van der Waals surface area contributed by atoms with Crippen molar-refractivity contribution in [1.29, 1.82) is 0 Å². The van der Waals surface area contributed by atoms with Crippen LogP contribution in [-0.4, -0.2) is 58.2 Å². The first kappa shape index (κ1) is 19.7. The second-order valence-corrected chi connectivity index (χ2v) is 6.40. The number of carbonyl (C=O) groups is 1. The van der Waals surface area contributed by atoms with E-state index in [0.717, 1.165) is 17.5 Å². The van der Waals surface area contributed by atoms with Crippen LogP contribution in [0.2, 0.25) is 0 Å². The predicted molar refractivity (Wildman–Crippen MR) is 93.7 cm³/mol. The molecule has 2 atom stereocenters. The van der Waals surface area contributed by atoms with Crippen molar-refractivity contribution in [2.24, 2.45) is 4.99 Å². The van der Waals surface area contributed by atoms with Crippen molar-refractivity contribution in [1.82, 2.24) is 21.1 Å². The number of halogens is 1. The van der Waals surface area contributed by atoms with E-state index < -0.39 is 11.9 Å². The van der Waals surface area contributed by atoms with E-state index in [9.17, 15) is 14.4 Å². The third kappa shape index (κ3) is 4.43. The lowest BCUT2D eigenvalue weighted by Gasteiger charge is -2.28. The van der Waals surface area contributed by atoms with Crippen molar-refractivity contribution in [3.05, 3.63) is 40.8 Å². The summed E-state index contributed by atoms with van der Waals surface area (Å²) in [7, 11) is 0. The number of ether oxygens (including phenoxy) is 1. The smallest absolute Gasteiger partial charge is 0.287 e. The van der Waals surface area contributed by atoms with Gasteiger partial charge in [-0.05, 0) is 46.9 Å². The van der Waals surface area contributed by atoms with Gasteiger partial charge in [0.05, 0.1) is 6.61 Å². The minimum absolute atomic E-state index is 0.00991. The molecule has 1 aromatic carbocycles. The number of fused-ring (bicyclic) bond motifs is 1. The average molecular weight is 393 g/mol. The normalized spacial score (nSPS) is 16.7. The molecule has 0 saturated heterocycles. The summed E-state index contributed by atoms with van der Waals surface area (Å²) in [6.07, 6.45) is 0.751. The first-order valence-corrected chi connectivity index (χ1v) is 8.60. The highest BCUT2D eigenvalue weighted by Gasteiger charge is 2.27. The van der Waals surface area contributed by atoms with Crippen molar-refractivity contribution in [2.75, 3.05) is 19.8 Å². The molecule has 4 N–H and O–H groups in total. The molecule has 1 heterocycles. The minimum atomic E-state index is -0.473. The van der Waals surface area contributed by atoms with Gasteiger partial charge in [-0.3, -0.25) is 20.5 Å². The van der Waals surface area contributed by atoms with Crippen molar-refractivity contribution in [3.63, 3.8) is 0 Å². The fourth-order valence-corrected chi connectivity index (χ4v) is 2.82. The van der Waals surface area contributed by atoms with E-state index in [0.29, 0.717) is 0 Å². The average Bonchev–Trinajstić information content (AvgIpc) is 3.13. The highest BCUT2D eigenvalue weighted by Crippen LogP contribution is 2.35. The zero-order valence-electron chi connectivity index (χ0n) is 15.1. The van der Waals surface area contributed by atoms with E-state index in [2.05, 4.69) is 25.3 Å². The molecule has 2 aromatic rings. The number of amides is 1. The number of aromatic nitrogens is 2. The molecule has 0 bridgehead atoms. The van der Waals surface area contributed by atoms with Gasteiger partial charge in [0, 0.05) is 18.5 Å². The Morgan fingerprint density at radius 2 is 2.32 bits per heavy atom. The van der Waals surface area contributed by atoms with E-state index >= 15 is 0 Å². The number of hydroxylamine groups is 1. The lowest BCUT2D eigenvalue weighted by molar-refractivity contribution is -0.124. The lowest BCUT2D eigenvalue weighted by atomic mass is 9.77. The molecule has 1 aromatic heterocycles. The van der Waals surface area contributed by atoms with E-state index in [1.807, 2.05) is 5.48 Å². The van der Waals surface area contributed by atoms with E-state index in [4.69, 9.17) is 9.84 Å². The van der Waals surface area contributed by atoms with Crippen LogP contribution in [0.3, 0.4) is 0 Å². The fourth-order valence-electron chi connectivity index (χ4n) is 2.82. The second-order valence-electron chi connectivity index (χ2n) is 6.40. The number of hydrogen-bond acceptors (Lipinski definition) is 8. The number of aliphatic imine (C=N–C) groups is 1. The van der Waals surface area contributed by atoms with E-state index in [1.54, 1.807) is 13.0 Å². The topological polar surface area (TPSA) is 142 Å². The van der Waals surface area contributed by atoms with Gasteiger partial charge in [-0.1, -0.05) is 6.07 Å². The summed E-state index contributed by atoms with van der Waals surface area (Å²) in [6.45, 7) is 1.31. The summed E-state index contributed by atoms with van der Waals surface area (Å²) in [6, 6.07) is 4.22. The van der Waals surface area contributed by atoms with Crippen molar-refractivity contribution in [2.45, 2.75) is 25.3 Å². The van der Waals surface area contributed by atoms with Gasteiger partial charge in [0.1, 0.15) is 5.82 Å². The molecule has 1 aliphatic rings. The van der Waals surface area contributed by atoms with Crippen LogP contribution in [0.4, 0.5) is 4.39 Å². The van der Waals surface area contributed by atoms with Crippen molar-refractivity contribution in [3.8, 4) is 5.88 Å². The number of benzene rings is 1. The van der Waals surface area contributed by atoms with Crippen LogP contribution in [-0.2, 0) is 11.2 Å². The molecule has 0 radical (unpaired) electrons. The maximum absolute atomic E-state index is 13.4. The minimum Gasteiger partial charge on any atom is -0.464 e. The third-order valence-electron chi connectivity index (χ3n) is 4.29. The first-order valence-electron chi connectivity index (χ1n) is 8.60. The molecule has 28 heavy (non-hydrogen) atoms. The Morgan fingerprint density at radius 1 is 1.50 bits per heavy atom. The summed E-state index contributed by atoms with van der Waals surface area (Å²) in [5, 5.41) is 28.0. The number of rotatable bonds is 8. The van der Waals surface area contributed by atoms with Gasteiger partial charge in [0.25, 0.3) is 11.8 Å². The molecular weight excluding hydrogens is 373 g/mol. The number of carbonyl (C=O) groups excluding carboxylic acids is 1. The Morgan fingerprint density at radius 3 is 3.07 bits per heavy atom. The van der Waals surface area contributed by atoms with E-state index in [-0.39, 0.29) is 48.9 Å². The molecule has 1 amide bonds.